The quantitative estimate of drug-likeness (QED) is 0.632. The summed E-state index contributed by atoms with van der Waals surface area (Å²) in [5, 5.41) is 7.61. The lowest BCUT2D eigenvalue weighted by Gasteiger charge is -2.12. The fourth-order valence-electron chi connectivity index (χ4n) is 1.85. The first kappa shape index (κ1) is 14.6. The highest BCUT2D eigenvalue weighted by Crippen LogP contribution is 2.28. The second-order valence-corrected chi connectivity index (χ2v) is 5.80. The molecule has 3 N–H and O–H groups in total. The van der Waals surface area contributed by atoms with E-state index < -0.39 is 0 Å². The van der Waals surface area contributed by atoms with Crippen LogP contribution in [0, 0.1) is 5.41 Å². The summed E-state index contributed by atoms with van der Waals surface area (Å²) in [5.41, 5.74) is 7.42. The molecule has 2 aromatic rings. The van der Waals surface area contributed by atoms with E-state index in [1.54, 1.807) is 12.1 Å². The van der Waals surface area contributed by atoms with E-state index in [1.807, 2.05) is 30.3 Å². The molecule has 0 bridgehead atoms. The molecule has 0 aromatic heterocycles. The first-order valence-electron chi connectivity index (χ1n) is 6.39. The molecule has 0 heterocycles. The SMILES string of the molecule is CC(C)c1ccc(Oc2ccc(Br)cc2C(=N)N)cc1. The van der Waals surface area contributed by atoms with Gasteiger partial charge in [0.2, 0.25) is 0 Å². The highest BCUT2D eigenvalue weighted by Gasteiger charge is 2.09. The molecule has 0 fully saturated rings. The lowest BCUT2D eigenvalue weighted by atomic mass is 10.0. The Morgan fingerprint density at radius 1 is 1.15 bits per heavy atom. The van der Waals surface area contributed by atoms with Gasteiger partial charge in [0.25, 0.3) is 0 Å². The van der Waals surface area contributed by atoms with Crippen molar-refractivity contribution in [3.8, 4) is 11.5 Å². The molecule has 0 atom stereocenters. The molecule has 104 valence electrons. The smallest absolute Gasteiger partial charge is 0.138 e. The Morgan fingerprint density at radius 3 is 2.35 bits per heavy atom. The Kier molecular flexibility index (Phi) is 4.45. The van der Waals surface area contributed by atoms with Crippen molar-refractivity contribution in [2.24, 2.45) is 5.73 Å². The minimum Gasteiger partial charge on any atom is -0.457 e. The summed E-state index contributed by atoms with van der Waals surface area (Å²) in [5.74, 6) is 1.79. The van der Waals surface area contributed by atoms with Gasteiger partial charge in [0, 0.05) is 4.47 Å². The fourth-order valence-corrected chi connectivity index (χ4v) is 2.21. The molecule has 0 unspecified atom stereocenters. The molecule has 20 heavy (non-hydrogen) atoms. The molecule has 0 radical (unpaired) electrons. The summed E-state index contributed by atoms with van der Waals surface area (Å²) in [6, 6.07) is 13.4. The van der Waals surface area contributed by atoms with Crippen LogP contribution in [0.15, 0.2) is 46.9 Å². The van der Waals surface area contributed by atoms with Crippen molar-refractivity contribution in [2.75, 3.05) is 0 Å². The highest BCUT2D eigenvalue weighted by molar-refractivity contribution is 9.10. The first-order valence-corrected chi connectivity index (χ1v) is 7.18. The summed E-state index contributed by atoms with van der Waals surface area (Å²) in [7, 11) is 0. The minimum atomic E-state index is -0.0138. The van der Waals surface area contributed by atoms with Crippen LogP contribution >= 0.6 is 15.9 Å². The largest absolute Gasteiger partial charge is 0.457 e. The molecule has 2 aromatic carbocycles. The summed E-state index contributed by atoms with van der Waals surface area (Å²) >= 11 is 3.37. The van der Waals surface area contributed by atoms with Gasteiger partial charge in [-0.1, -0.05) is 41.9 Å². The number of ether oxygens (including phenoxy) is 1. The van der Waals surface area contributed by atoms with Crippen LogP contribution in [0.25, 0.3) is 0 Å². The van der Waals surface area contributed by atoms with Gasteiger partial charge in [-0.3, -0.25) is 5.41 Å². The summed E-state index contributed by atoms with van der Waals surface area (Å²) in [6.07, 6.45) is 0. The third-order valence-corrected chi connectivity index (χ3v) is 3.50. The number of amidine groups is 1. The number of nitrogens with one attached hydrogen (secondary N) is 1. The molecule has 0 saturated carbocycles. The molecule has 0 aliphatic rings. The van der Waals surface area contributed by atoms with E-state index in [1.165, 1.54) is 5.56 Å². The van der Waals surface area contributed by atoms with Crippen molar-refractivity contribution < 1.29 is 4.74 Å². The summed E-state index contributed by atoms with van der Waals surface area (Å²) in [6.45, 7) is 4.30. The van der Waals surface area contributed by atoms with Crippen LogP contribution in [-0.4, -0.2) is 5.84 Å². The second kappa shape index (κ2) is 6.09. The van der Waals surface area contributed by atoms with E-state index in [9.17, 15) is 0 Å². The van der Waals surface area contributed by atoms with Crippen molar-refractivity contribution in [2.45, 2.75) is 19.8 Å². The van der Waals surface area contributed by atoms with E-state index in [-0.39, 0.29) is 5.84 Å². The Balaban J connectivity index is 2.28. The second-order valence-electron chi connectivity index (χ2n) is 4.88. The molecule has 0 aliphatic heterocycles. The molecule has 3 nitrogen and oxygen atoms in total. The Labute approximate surface area is 127 Å². The average Bonchev–Trinajstić information content (AvgIpc) is 2.41. The van der Waals surface area contributed by atoms with Crippen LogP contribution < -0.4 is 10.5 Å². The molecule has 0 aliphatic carbocycles. The third kappa shape index (κ3) is 3.39. The van der Waals surface area contributed by atoms with Gasteiger partial charge in [-0.2, -0.15) is 0 Å². The summed E-state index contributed by atoms with van der Waals surface area (Å²) < 4.78 is 6.68. The number of rotatable bonds is 4. The number of hydrogen-bond donors (Lipinski definition) is 2. The van der Waals surface area contributed by atoms with Gasteiger partial charge in [-0.15, -0.1) is 0 Å². The predicted octanol–water partition coefficient (Wildman–Crippen LogP) is 4.65. The minimum absolute atomic E-state index is 0.0138. The van der Waals surface area contributed by atoms with Crippen molar-refractivity contribution in [1.29, 1.82) is 5.41 Å². The van der Waals surface area contributed by atoms with E-state index >= 15 is 0 Å². The Bertz CT molecular complexity index is 621. The third-order valence-electron chi connectivity index (χ3n) is 3.01. The van der Waals surface area contributed by atoms with Crippen LogP contribution in [0.1, 0.15) is 30.9 Å². The number of nitrogens with two attached hydrogens (primary N) is 1. The molecular formula is C16H17BrN2O. The number of benzene rings is 2. The van der Waals surface area contributed by atoms with Gasteiger partial charge < -0.3 is 10.5 Å². The van der Waals surface area contributed by atoms with Gasteiger partial charge in [-0.25, -0.2) is 0 Å². The number of nitrogen functional groups attached to an aromatic ring is 1. The zero-order valence-electron chi connectivity index (χ0n) is 11.5. The maximum Gasteiger partial charge on any atom is 0.138 e. The van der Waals surface area contributed by atoms with Crippen LogP contribution in [0.2, 0.25) is 0 Å². The highest BCUT2D eigenvalue weighted by atomic mass is 79.9. The maximum atomic E-state index is 7.61. The van der Waals surface area contributed by atoms with Gasteiger partial charge in [-0.05, 0) is 41.8 Å². The fraction of sp³-hybridized carbons (Fsp3) is 0.188. The molecule has 0 spiro atoms. The zero-order valence-corrected chi connectivity index (χ0v) is 13.1. The maximum absolute atomic E-state index is 7.61. The van der Waals surface area contributed by atoms with E-state index in [0.717, 1.165) is 10.2 Å². The predicted molar refractivity (Wildman–Crippen MR) is 85.8 cm³/mol. The molecule has 2 rings (SSSR count). The molecule has 0 amide bonds. The normalized spacial score (nSPS) is 10.6. The lowest BCUT2D eigenvalue weighted by molar-refractivity contribution is 0.481. The average molecular weight is 333 g/mol. The number of hydrogen-bond acceptors (Lipinski definition) is 2. The van der Waals surface area contributed by atoms with E-state index in [0.29, 0.717) is 17.2 Å². The summed E-state index contributed by atoms with van der Waals surface area (Å²) in [4.78, 5) is 0. The monoisotopic (exact) mass is 332 g/mol. The van der Waals surface area contributed by atoms with Crippen LogP contribution in [0.5, 0.6) is 11.5 Å². The van der Waals surface area contributed by atoms with Crippen LogP contribution in [-0.2, 0) is 0 Å². The molecule has 0 saturated heterocycles. The molecule has 4 heteroatoms. The van der Waals surface area contributed by atoms with Crippen LogP contribution in [0.4, 0.5) is 0 Å². The number of halogens is 1. The lowest BCUT2D eigenvalue weighted by Crippen LogP contribution is -2.12. The van der Waals surface area contributed by atoms with Gasteiger partial charge in [0.15, 0.2) is 0 Å². The van der Waals surface area contributed by atoms with E-state index in [2.05, 4.69) is 29.8 Å². The van der Waals surface area contributed by atoms with Gasteiger partial charge in [0.05, 0.1) is 5.56 Å². The zero-order chi connectivity index (χ0) is 14.7. The van der Waals surface area contributed by atoms with Crippen molar-refractivity contribution in [3.05, 3.63) is 58.1 Å². The Hall–Kier alpha value is -1.81. The van der Waals surface area contributed by atoms with Gasteiger partial charge >= 0.3 is 0 Å². The standard InChI is InChI=1S/C16H17BrN2O/c1-10(2)11-3-6-13(7-4-11)20-15-8-5-12(17)9-14(15)16(18)19/h3-10H,1-2H3,(H3,18,19). The molecular weight excluding hydrogens is 316 g/mol. The van der Waals surface area contributed by atoms with Crippen molar-refractivity contribution >= 4 is 21.8 Å². The van der Waals surface area contributed by atoms with Crippen LogP contribution in [0.3, 0.4) is 0 Å². The van der Waals surface area contributed by atoms with E-state index in [4.69, 9.17) is 15.9 Å². The first-order chi connectivity index (χ1) is 9.47. The topological polar surface area (TPSA) is 59.1 Å². The Morgan fingerprint density at radius 2 is 1.80 bits per heavy atom. The van der Waals surface area contributed by atoms with Crippen molar-refractivity contribution in [3.63, 3.8) is 0 Å². The van der Waals surface area contributed by atoms with Gasteiger partial charge in [0.1, 0.15) is 17.3 Å². The van der Waals surface area contributed by atoms with Crippen molar-refractivity contribution in [1.82, 2.24) is 0 Å².